The molecule has 61 heavy (non-hydrogen) atoms. The molecule has 0 aliphatic heterocycles. The molecule has 5 aliphatic rings. The van der Waals surface area contributed by atoms with Crippen molar-refractivity contribution in [3.63, 3.8) is 0 Å². The van der Waals surface area contributed by atoms with Gasteiger partial charge in [0.2, 0.25) is 0 Å². The maximum Gasteiger partial charge on any atom is 0.162 e. The lowest BCUT2D eigenvalue weighted by Gasteiger charge is -2.61. The molecule has 4 heterocycles. The van der Waals surface area contributed by atoms with Crippen LogP contribution in [0.25, 0.3) is 93.7 Å². The van der Waals surface area contributed by atoms with Crippen LogP contribution in [0.5, 0.6) is 0 Å². The largest absolute Gasteiger partial charge is 0.308 e. The number of hydrogen-bond acceptors (Lipinski definition) is 5. The van der Waals surface area contributed by atoms with Gasteiger partial charge < -0.3 is 4.57 Å². The minimum absolute atomic E-state index is 0.0143. The van der Waals surface area contributed by atoms with Crippen LogP contribution in [0.3, 0.4) is 0 Å². The molecule has 1 spiro atoms. The Morgan fingerprint density at radius 2 is 1.18 bits per heavy atom. The van der Waals surface area contributed by atoms with Crippen molar-refractivity contribution in [3.8, 4) is 39.3 Å². The second-order valence-corrected chi connectivity index (χ2v) is 18.1. The molecule has 10 aromatic rings. The predicted molar refractivity (Wildman–Crippen MR) is 236 cm³/mol. The van der Waals surface area contributed by atoms with Crippen LogP contribution in [0.4, 0.5) is 8.78 Å². The number of aromatic nitrogens is 6. The highest BCUT2D eigenvalue weighted by atomic mass is 19.1. The first-order chi connectivity index (χ1) is 30.0. The minimum Gasteiger partial charge on any atom is -0.308 e. The van der Waals surface area contributed by atoms with Gasteiger partial charge >= 0.3 is 0 Å². The van der Waals surface area contributed by atoms with E-state index in [-0.39, 0.29) is 5.41 Å². The SMILES string of the molecule is Fc1cnc2c(c1)cc(-n1c3cc(-c4ccc5c(c4)-c4cc(-c6ncncn6)ccc4C54C5CC6CC(C5)CC4C6)ccc3c3ccc4ccccc4c31)c1cc(F)cnc12. The Morgan fingerprint density at radius 1 is 0.525 bits per heavy atom. The molecule has 6 aromatic carbocycles. The van der Waals surface area contributed by atoms with E-state index in [1.54, 1.807) is 12.7 Å². The van der Waals surface area contributed by atoms with E-state index in [1.807, 2.05) is 12.1 Å². The number of hydrogen-bond donors (Lipinski definition) is 0. The average Bonchev–Trinajstić information content (AvgIpc) is 3.77. The van der Waals surface area contributed by atoms with Crippen molar-refractivity contribution in [2.45, 2.75) is 37.5 Å². The van der Waals surface area contributed by atoms with E-state index in [1.165, 1.54) is 78.9 Å². The first-order valence-corrected chi connectivity index (χ1v) is 21.4. The van der Waals surface area contributed by atoms with Gasteiger partial charge in [-0.3, -0.25) is 9.97 Å². The number of benzene rings is 6. The summed E-state index contributed by atoms with van der Waals surface area (Å²) in [5.74, 6) is 2.77. The lowest BCUT2D eigenvalue weighted by Crippen LogP contribution is -2.55. The maximum atomic E-state index is 15.3. The third kappa shape index (κ3) is 4.57. The summed E-state index contributed by atoms with van der Waals surface area (Å²) in [5, 5.41) is 5.51. The number of pyridine rings is 2. The van der Waals surface area contributed by atoms with E-state index in [0.717, 1.165) is 61.1 Å². The summed E-state index contributed by atoms with van der Waals surface area (Å²) in [5.41, 5.74) is 12.5. The normalized spacial score (nSPS) is 22.3. The van der Waals surface area contributed by atoms with Crippen LogP contribution in [0, 0.1) is 35.3 Å². The molecule has 0 N–H and O–H groups in total. The van der Waals surface area contributed by atoms with Crippen molar-refractivity contribution in [2.75, 3.05) is 0 Å². The molecule has 5 aliphatic carbocycles. The highest BCUT2D eigenvalue weighted by molar-refractivity contribution is 6.20. The van der Waals surface area contributed by atoms with Gasteiger partial charge in [-0.05, 0) is 131 Å². The first-order valence-electron chi connectivity index (χ1n) is 21.4. The Bertz CT molecular complexity index is 3510. The molecular weight excluding hydrogens is 759 g/mol. The van der Waals surface area contributed by atoms with Crippen LogP contribution >= 0.6 is 0 Å². The van der Waals surface area contributed by atoms with E-state index < -0.39 is 11.6 Å². The smallest absolute Gasteiger partial charge is 0.162 e. The molecule has 4 bridgehead atoms. The van der Waals surface area contributed by atoms with E-state index >= 15 is 4.39 Å². The fourth-order valence-corrected chi connectivity index (χ4v) is 13.1. The van der Waals surface area contributed by atoms with Gasteiger partial charge in [0.1, 0.15) is 24.3 Å². The van der Waals surface area contributed by atoms with Crippen LogP contribution in [-0.2, 0) is 5.41 Å². The Morgan fingerprint density at radius 3 is 1.97 bits per heavy atom. The Labute approximate surface area is 349 Å². The molecule has 15 rings (SSSR count). The van der Waals surface area contributed by atoms with Crippen molar-refractivity contribution in [1.29, 1.82) is 0 Å². The van der Waals surface area contributed by atoms with Gasteiger partial charge in [0.15, 0.2) is 5.82 Å². The van der Waals surface area contributed by atoms with Crippen LogP contribution in [-0.4, -0.2) is 29.5 Å². The summed E-state index contributed by atoms with van der Waals surface area (Å²) in [6.45, 7) is 0. The van der Waals surface area contributed by atoms with Crippen molar-refractivity contribution < 1.29 is 8.78 Å². The Hall–Kier alpha value is -6.93. The van der Waals surface area contributed by atoms with Gasteiger partial charge in [0.05, 0.1) is 40.1 Å². The lowest BCUT2D eigenvalue weighted by molar-refractivity contribution is -0.0399. The first kappa shape index (κ1) is 33.9. The standard InChI is InChI=1S/C53H36F2N6/c54-37-18-34-22-48(44-23-38(55)25-58-50(44)49(34)57-24-37)61-47-21-32(6-9-40(47)41-10-5-30-3-1-2-4-39(30)51(41)61)31-7-11-45-42(19-31)43-20-33(52-59-26-56-27-60-52)8-12-46(43)53(45)35-14-28-13-29(16-35)17-36(53)15-28/h1-12,18-29,35-36H,13-17H2. The quantitative estimate of drug-likeness (QED) is 0.167. The highest BCUT2D eigenvalue weighted by Gasteiger charge is 2.61. The van der Waals surface area contributed by atoms with E-state index in [9.17, 15) is 4.39 Å². The van der Waals surface area contributed by atoms with E-state index in [4.69, 9.17) is 0 Å². The highest BCUT2D eigenvalue weighted by Crippen LogP contribution is 2.69. The molecule has 0 atom stereocenters. The molecule has 0 saturated heterocycles. The molecule has 0 amide bonds. The molecule has 0 radical (unpaired) electrons. The third-order valence-electron chi connectivity index (χ3n) is 15.2. The van der Waals surface area contributed by atoms with Crippen LogP contribution in [0.15, 0.2) is 134 Å². The van der Waals surface area contributed by atoms with E-state index in [0.29, 0.717) is 45.2 Å². The van der Waals surface area contributed by atoms with Crippen molar-refractivity contribution in [3.05, 3.63) is 157 Å². The molecule has 8 heteroatoms. The summed E-state index contributed by atoms with van der Waals surface area (Å²) in [7, 11) is 0. The van der Waals surface area contributed by atoms with Crippen LogP contribution < -0.4 is 0 Å². The zero-order valence-corrected chi connectivity index (χ0v) is 33.0. The maximum absolute atomic E-state index is 15.3. The minimum atomic E-state index is -0.449. The summed E-state index contributed by atoms with van der Waals surface area (Å²) < 4.78 is 32.4. The molecule has 0 unspecified atom stereocenters. The fourth-order valence-electron chi connectivity index (χ4n) is 13.1. The molecule has 4 fully saturated rings. The molecule has 4 saturated carbocycles. The van der Waals surface area contributed by atoms with Crippen molar-refractivity contribution in [2.24, 2.45) is 23.7 Å². The zero-order chi connectivity index (χ0) is 40.1. The van der Waals surface area contributed by atoms with Crippen molar-refractivity contribution in [1.82, 2.24) is 29.5 Å². The monoisotopic (exact) mass is 794 g/mol. The van der Waals surface area contributed by atoms with E-state index in [2.05, 4.69) is 114 Å². The second-order valence-electron chi connectivity index (χ2n) is 18.1. The number of halogens is 2. The van der Waals surface area contributed by atoms with Gasteiger partial charge in [-0.2, -0.15) is 0 Å². The molecule has 292 valence electrons. The molecular formula is C53H36F2N6. The fraction of sp³-hybridized carbons (Fsp3) is 0.189. The van der Waals surface area contributed by atoms with Crippen LogP contribution in [0.1, 0.15) is 43.2 Å². The average molecular weight is 795 g/mol. The molecule has 4 aromatic heterocycles. The Balaban J connectivity index is 1.03. The summed E-state index contributed by atoms with van der Waals surface area (Å²) >= 11 is 0. The van der Waals surface area contributed by atoms with Crippen LogP contribution in [0.2, 0.25) is 0 Å². The van der Waals surface area contributed by atoms with Gasteiger partial charge in [0.25, 0.3) is 0 Å². The van der Waals surface area contributed by atoms with Gasteiger partial charge in [-0.15, -0.1) is 0 Å². The van der Waals surface area contributed by atoms with Crippen molar-refractivity contribution >= 4 is 54.4 Å². The summed E-state index contributed by atoms with van der Waals surface area (Å²) in [4.78, 5) is 22.2. The number of rotatable bonds is 3. The second kappa shape index (κ2) is 12.1. The third-order valence-corrected chi connectivity index (χ3v) is 15.2. The summed E-state index contributed by atoms with van der Waals surface area (Å²) in [6, 6.07) is 38.6. The predicted octanol–water partition coefficient (Wildman–Crippen LogP) is 12.6. The van der Waals surface area contributed by atoms with Gasteiger partial charge in [-0.1, -0.05) is 72.8 Å². The topological polar surface area (TPSA) is 69.4 Å². The number of fused-ring (bicyclic) bond motifs is 11. The lowest BCUT2D eigenvalue weighted by atomic mass is 9.43. The molecule has 6 nitrogen and oxygen atoms in total. The van der Waals surface area contributed by atoms with Gasteiger partial charge in [0, 0.05) is 37.9 Å². The summed E-state index contributed by atoms with van der Waals surface area (Å²) in [6.07, 6.45) is 12.2. The Kier molecular flexibility index (Phi) is 6.71. The zero-order valence-electron chi connectivity index (χ0n) is 33.0. The number of nitrogens with zero attached hydrogens (tertiary/aromatic N) is 6. The van der Waals surface area contributed by atoms with Gasteiger partial charge in [-0.25, -0.2) is 23.7 Å².